The minimum absolute atomic E-state index is 0.0225. The second kappa shape index (κ2) is 10.4. The van der Waals surface area contributed by atoms with Gasteiger partial charge in [-0.3, -0.25) is 10.1 Å². The summed E-state index contributed by atoms with van der Waals surface area (Å²) in [6.45, 7) is 13.2. The van der Waals surface area contributed by atoms with Crippen molar-refractivity contribution in [3.63, 3.8) is 0 Å². The van der Waals surface area contributed by atoms with E-state index in [1.54, 1.807) is 0 Å². The molecule has 3 rings (SSSR count). The number of aliphatic hydroxyl groups excluding tert-OH is 1. The Morgan fingerprint density at radius 1 is 1.23 bits per heavy atom. The lowest BCUT2D eigenvalue weighted by Crippen LogP contribution is -2.52. The van der Waals surface area contributed by atoms with Gasteiger partial charge in [0, 0.05) is 17.2 Å². The molecule has 2 fully saturated rings. The molecule has 0 saturated heterocycles. The monoisotopic (exact) mass is 447 g/mol. The van der Waals surface area contributed by atoms with Crippen LogP contribution in [0.3, 0.4) is 0 Å². The molecule has 2 saturated carbocycles. The summed E-state index contributed by atoms with van der Waals surface area (Å²) >= 11 is 6.37. The summed E-state index contributed by atoms with van der Waals surface area (Å²) in [6.07, 6.45) is 14.2. The van der Waals surface area contributed by atoms with Crippen LogP contribution in [0, 0.1) is 35.0 Å². The molecule has 3 aliphatic rings. The highest BCUT2D eigenvalue weighted by atomic mass is 35.5. The summed E-state index contributed by atoms with van der Waals surface area (Å²) in [6, 6.07) is -0.312. The van der Waals surface area contributed by atoms with Crippen LogP contribution in [0.2, 0.25) is 0 Å². The smallest absolute Gasteiger partial charge is 0.153 e. The van der Waals surface area contributed by atoms with E-state index < -0.39 is 6.23 Å². The number of hydrogen-bond acceptors (Lipinski definition) is 3. The number of alkyl halides is 1. The van der Waals surface area contributed by atoms with Crippen molar-refractivity contribution in [2.45, 2.75) is 90.3 Å². The first-order valence-electron chi connectivity index (χ1n) is 12.2. The second-order valence-corrected chi connectivity index (χ2v) is 11.8. The van der Waals surface area contributed by atoms with Crippen LogP contribution in [0.15, 0.2) is 36.5 Å². The summed E-state index contributed by atoms with van der Waals surface area (Å²) in [5, 5.41) is 14.3. The minimum Gasteiger partial charge on any atom is -0.378 e. The van der Waals surface area contributed by atoms with Crippen molar-refractivity contribution in [2.24, 2.45) is 35.0 Å². The number of hydrogen-bond donors (Lipinski definition) is 2. The van der Waals surface area contributed by atoms with Gasteiger partial charge in [0.1, 0.15) is 6.23 Å². The van der Waals surface area contributed by atoms with E-state index in [9.17, 15) is 9.90 Å². The molecule has 0 spiro atoms. The fourth-order valence-corrected chi connectivity index (χ4v) is 6.56. The van der Waals surface area contributed by atoms with E-state index in [4.69, 9.17) is 11.6 Å². The Balaban J connectivity index is 1.65. The van der Waals surface area contributed by atoms with Crippen molar-refractivity contribution in [3.8, 4) is 0 Å². The molecule has 0 bridgehead atoms. The molecule has 0 heterocycles. The van der Waals surface area contributed by atoms with Crippen molar-refractivity contribution >= 4 is 17.4 Å². The molecule has 6 unspecified atom stereocenters. The van der Waals surface area contributed by atoms with Gasteiger partial charge in [-0.2, -0.15) is 0 Å². The molecule has 0 radical (unpaired) electrons. The molecule has 3 aliphatic carbocycles. The van der Waals surface area contributed by atoms with Crippen LogP contribution in [0.4, 0.5) is 0 Å². The number of nitrogens with one attached hydrogen (secondary N) is 1. The molecule has 4 heteroatoms. The van der Waals surface area contributed by atoms with E-state index >= 15 is 0 Å². The quantitative estimate of drug-likeness (QED) is 0.284. The van der Waals surface area contributed by atoms with E-state index in [0.717, 1.165) is 44.9 Å². The van der Waals surface area contributed by atoms with E-state index in [1.807, 2.05) is 18.2 Å². The number of carbonyl (C=O) groups excluding carboxylic acids is 1. The van der Waals surface area contributed by atoms with Crippen molar-refractivity contribution in [1.82, 2.24) is 5.32 Å². The highest BCUT2D eigenvalue weighted by Gasteiger charge is 2.45. The zero-order valence-corrected chi connectivity index (χ0v) is 20.6. The number of allylic oxidation sites excluding steroid dienone is 4. The van der Waals surface area contributed by atoms with Crippen molar-refractivity contribution in [2.75, 3.05) is 0 Å². The molecule has 174 valence electrons. The first-order chi connectivity index (χ1) is 14.6. The Morgan fingerprint density at radius 2 is 1.97 bits per heavy atom. The van der Waals surface area contributed by atoms with Crippen LogP contribution >= 0.6 is 11.6 Å². The standard InChI is InChI=1S/C27H42ClNO2/c1-17(2)24(29-26(31)19-9-7-6-8-10-19)25(30)20-11-14-23(27(4,5)16-20)22-13-12-21(28)15-18(22)3/h6-9,17,19-24,26,29,31H,3,10-16H2,1-2,4-5H3/t19?,20?,21?,22?,23?,24-,26?/m1/s1. The number of aliphatic hydroxyl groups is 1. The van der Waals surface area contributed by atoms with E-state index in [-0.39, 0.29) is 40.4 Å². The van der Waals surface area contributed by atoms with Gasteiger partial charge in [-0.1, -0.05) is 64.2 Å². The molecule has 3 nitrogen and oxygen atoms in total. The Kier molecular flexibility index (Phi) is 8.27. The summed E-state index contributed by atoms with van der Waals surface area (Å²) in [5.41, 5.74) is 1.41. The summed E-state index contributed by atoms with van der Waals surface area (Å²) in [7, 11) is 0. The first kappa shape index (κ1) is 24.7. The summed E-state index contributed by atoms with van der Waals surface area (Å²) in [4.78, 5) is 13.6. The predicted molar refractivity (Wildman–Crippen MR) is 130 cm³/mol. The topological polar surface area (TPSA) is 49.3 Å². The fourth-order valence-electron chi connectivity index (χ4n) is 6.24. The maximum Gasteiger partial charge on any atom is 0.153 e. The van der Waals surface area contributed by atoms with Crippen molar-refractivity contribution in [3.05, 3.63) is 36.5 Å². The fraction of sp³-hybridized carbons (Fsp3) is 0.741. The molecule has 0 amide bonds. The second-order valence-electron chi connectivity index (χ2n) is 11.2. The average molecular weight is 448 g/mol. The Morgan fingerprint density at radius 3 is 2.55 bits per heavy atom. The van der Waals surface area contributed by atoms with Gasteiger partial charge in [0.05, 0.1) is 6.04 Å². The van der Waals surface area contributed by atoms with E-state index in [2.05, 4.69) is 45.7 Å². The van der Waals surface area contributed by atoms with Crippen molar-refractivity contribution < 1.29 is 9.90 Å². The van der Waals surface area contributed by atoms with E-state index in [1.165, 1.54) is 5.57 Å². The van der Waals surface area contributed by atoms with Crippen LogP contribution in [0.25, 0.3) is 0 Å². The zero-order valence-electron chi connectivity index (χ0n) is 19.8. The SMILES string of the molecule is C=C1CC(Cl)CCC1C1CCC(C(=O)[C@H](NC(O)C2C=CC=CC2)C(C)C)CC1(C)C. The highest BCUT2D eigenvalue weighted by Crippen LogP contribution is 2.52. The average Bonchev–Trinajstić information content (AvgIpc) is 2.72. The van der Waals surface area contributed by atoms with Gasteiger partial charge in [-0.25, -0.2) is 0 Å². The lowest BCUT2D eigenvalue weighted by molar-refractivity contribution is -0.131. The third kappa shape index (κ3) is 5.92. The van der Waals surface area contributed by atoms with Crippen LogP contribution < -0.4 is 5.32 Å². The molecular weight excluding hydrogens is 406 g/mol. The van der Waals surface area contributed by atoms with Gasteiger partial charge >= 0.3 is 0 Å². The molecule has 31 heavy (non-hydrogen) atoms. The molecular formula is C27H42ClNO2. The van der Waals surface area contributed by atoms with Gasteiger partial charge in [0.25, 0.3) is 0 Å². The van der Waals surface area contributed by atoms with Gasteiger partial charge in [0.15, 0.2) is 5.78 Å². The summed E-state index contributed by atoms with van der Waals surface area (Å²) < 4.78 is 0. The minimum atomic E-state index is -0.698. The molecule has 0 aromatic heterocycles. The molecule has 2 N–H and O–H groups in total. The zero-order chi connectivity index (χ0) is 22.8. The van der Waals surface area contributed by atoms with Crippen LogP contribution in [-0.2, 0) is 4.79 Å². The number of halogens is 1. The number of rotatable bonds is 7. The molecule has 0 aliphatic heterocycles. The Bertz CT molecular complexity index is 710. The normalized spacial score (nSPS) is 35.2. The lowest BCUT2D eigenvalue weighted by Gasteiger charge is -2.48. The highest BCUT2D eigenvalue weighted by molar-refractivity contribution is 6.20. The van der Waals surface area contributed by atoms with Crippen molar-refractivity contribution in [1.29, 1.82) is 0 Å². The summed E-state index contributed by atoms with van der Waals surface area (Å²) in [5.74, 6) is 1.60. The van der Waals surface area contributed by atoms with Crippen LogP contribution in [0.5, 0.6) is 0 Å². The first-order valence-corrected chi connectivity index (χ1v) is 12.7. The predicted octanol–water partition coefficient (Wildman–Crippen LogP) is 6.03. The molecule has 0 aromatic rings. The molecule has 0 aromatic carbocycles. The third-order valence-electron chi connectivity index (χ3n) is 8.03. The Hall–Kier alpha value is -0.900. The van der Waals surface area contributed by atoms with Gasteiger partial charge < -0.3 is 5.11 Å². The third-order valence-corrected chi connectivity index (χ3v) is 8.40. The van der Waals surface area contributed by atoms with Crippen LogP contribution in [-0.4, -0.2) is 28.5 Å². The number of carbonyl (C=O) groups is 1. The number of Topliss-reactive ketones (excluding diaryl/α,β-unsaturated/α-hetero) is 1. The lowest BCUT2D eigenvalue weighted by atomic mass is 9.57. The molecule has 7 atom stereocenters. The number of ketones is 1. The van der Waals surface area contributed by atoms with E-state index in [0.29, 0.717) is 11.8 Å². The van der Waals surface area contributed by atoms with Gasteiger partial charge in [0.2, 0.25) is 0 Å². The van der Waals surface area contributed by atoms with Crippen LogP contribution in [0.1, 0.15) is 72.6 Å². The van der Waals surface area contributed by atoms with Gasteiger partial charge in [-0.05, 0) is 68.1 Å². The maximum atomic E-state index is 13.6. The largest absolute Gasteiger partial charge is 0.378 e. The Labute approximate surface area is 194 Å². The maximum absolute atomic E-state index is 13.6. The van der Waals surface area contributed by atoms with Gasteiger partial charge in [-0.15, -0.1) is 11.6 Å².